The number of carbonyl (C=O) groups is 1. The first-order chi connectivity index (χ1) is 9.61. The number of hydrogen-bond donors (Lipinski definition) is 0. The van der Waals surface area contributed by atoms with Crippen molar-refractivity contribution in [3.8, 4) is 0 Å². The Morgan fingerprint density at radius 2 is 2.35 bits per heavy atom. The van der Waals surface area contributed by atoms with Gasteiger partial charge in [0, 0.05) is 25.7 Å². The van der Waals surface area contributed by atoms with E-state index in [0.29, 0.717) is 6.61 Å². The van der Waals surface area contributed by atoms with Gasteiger partial charge >= 0.3 is 5.97 Å². The van der Waals surface area contributed by atoms with E-state index in [9.17, 15) is 4.79 Å². The molecule has 0 saturated carbocycles. The molecule has 0 bridgehead atoms. The molecular formula is C14H21N3O3. The van der Waals surface area contributed by atoms with E-state index in [0.717, 1.165) is 31.6 Å². The first-order valence-electron chi connectivity index (χ1n) is 7.17. The Kier molecular flexibility index (Phi) is 3.76. The Labute approximate surface area is 118 Å². The minimum atomic E-state index is -0.101. The van der Waals surface area contributed by atoms with Crippen molar-refractivity contribution in [2.24, 2.45) is 0 Å². The molecule has 0 radical (unpaired) electrons. The molecule has 6 nitrogen and oxygen atoms in total. The first-order valence-corrected chi connectivity index (χ1v) is 7.17. The van der Waals surface area contributed by atoms with Crippen LogP contribution in [0.3, 0.4) is 0 Å². The number of morpholine rings is 1. The van der Waals surface area contributed by atoms with Crippen LogP contribution in [0.1, 0.15) is 18.9 Å². The molecule has 1 aromatic rings. The van der Waals surface area contributed by atoms with Crippen LogP contribution in [-0.2, 0) is 20.8 Å². The summed E-state index contributed by atoms with van der Waals surface area (Å²) >= 11 is 0. The van der Waals surface area contributed by atoms with Gasteiger partial charge in [0.05, 0.1) is 25.5 Å². The van der Waals surface area contributed by atoms with Crippen molar-refractivity contribution in [3.63, 3.8) is 0 Å². The Balaban J connectivity index is 1.60. The van der Waals surface area contributed by atoms with E-state index in [1.807, 2.05) is 30.9 Å². The summed E-state index contributed by atoms with van der Waals surface area (Å²) in [5, 5.41) is 4.29. The molecule has 3 atom stereocenters. The molecule has 2 aliphatic heterocycles. The zero-order valence-corrected chi connectivity index (χ0v) is 12.0. The van der Waals surface area contributed by atoms with Crippen LogP contribution in [0.2, 0.25) is 0 Å². The molecular weight excluding hydrogens is 258 g/mol. The molecule has 2 aliphatic rings. The predicted octanol–water partition coefficient (Wildman–Crippen LogP) is 0.596. The van der Waals surface area contributed by atoms with Crippen LogP contribution < -0.4 is 0 Å². The Hall–Kier alpha value is -1.40. The second-order valence-electron chi connectivity index (χ2n) is 5.73. The highest BCUT2D eigenvalue weighted by Gasteiger charge is 2.38. The number of esters is 1. The van der Waals surface area contributed by atoms with Gasteiger partial charge in [-0.2, -0.15) is 5.10 Å². The summed E-state index contributed by atoms with van der Waals surface area (Å²) < 4.78 is 12.9. The molecule has 110 valence electrons. The minimum Gasteiger partial charge on any atom is -0.461 e. The summed E-state index contributed by atoms with van der Waals surface area (Å²) in [5.41, 5.74) is 1.14. The van der Waals surface area contributed by atoms with Crippen LogP contribution in [0.25, 0.3) is 0 Å². The SMILES string of the molecule is Cc1cnn(C[C@@H]2CN([C@H]3C[C@H](C)OC3=O)CCO2)c1. The molecule has 0 amide bonds. The van der Waals surface area contributed by atoms with Gasteiger partial charge in [0.25, 0.3) is 0 Å². The zero-order chi connectivity index (χ0) is 14.1. The normalized spacial score (nSPS) is 31.5. The van der Waals surface area contributed by atoms with Gasteiger partial charge in [-0.15, -0.1) is 0 Å². The second-order valence-corrected chi connectivity index (χ2v) is 5.73. The maximum atomic E-state index is 11.8. The van der Waals surface area contributed by atoms with Gasteiger partial charge in [0.1, 0.15) is 12.1 Å². The fourth-order valence-corrected chi connectivity index (χ4v) is 2.94. The van der Waals surface area contributed by atoms with Gasteiger partial charge in [-0.05, 0) is 19.4 Å². The average molecular weight is 279 g/mol. The Bertz CT molecular complexity index is 488. The smallest absolute Gasteiger partial charge is 0.323 e. The molecule has 1 aromatic heterocycles. The van der Waals surface area contributed by atoms with Crippen LogP contribution in [0.15, 0.2) is 12.4 Å². The van der Waals surface area contributed by atoms with Crippen molar-refractivity contribution in [2.45, 2.75) is 45.1 Å². The van der Waals surface area contributed by atoms with Gasteiger partial charge in [-0.3, -0.25) is 14.4 Å². The van der Waals surface area contributed by atoms with E-state index < -0.39 is 0 Å². The number of rotatable bonds is 3. The number of cyclic esters (lactones) is 1. The van der Waals surface area contributed by atoms with Gasteiger partial charge in [-0.25, -0.2) is 0 Å². The lowest BCUT2D eigenvalue weighted by Crippen LogP contribution is -2.50. The lowest BCUT2D eigenvalue weighted by Gasteiger charge is -2.35. The largest absolute Gasteiger partial charge is 0.461 e. The second kappa shape index (κ2) is 5.54. The van der Waals surface area contributed by atoms with Gasteiger partial charge < -0.3 is 9.47 Å². The van der Waals surface area contributed by atoms with Crippen molar-refractivity contribution in [1.29, 1.82) is 0 Å². The van der Waals surface area contributed by atoms with Crippen molar-refractivity contribution < 1.29 is 14.3 Å². The fraction of sp³-hybridized carbons (Fsp3) is 0.714. The third kappa shape index (κ3) is 2.86. The maximum Gasteiger partial charge on any atom is 0.323 e. The standard InChI is InChI=1S/C14H21N3O3/c1-10-6-15-17(7-10)9-12-8-16(3-4-19-12)13-5-11(2)20-14(13)18/h6-7,11-13H,3-5,8-9H2,1-2H3/t11-,12-,13-/m0/s1. The molecule has 0 aliphatic carbocycles. The van der Waals surface area contributed by atoms with Gasteiger partial charge in [0.15, 0.2) is 0 Å². The molecule has 0 N–H and O–H groups in total. The molecule has 0 spiro atoms. The highest BCUT2D eigenvalue weighted by Crippen LogP contribution is 2.22. The quantitative estimate of drug-likeness (QED) is 0.758. The summed E-state index contributed by atoms with van der Waals surface area (Å²) in [5.74, 6) is -0.0897. The monoisotopic (exact) mass is 279 g/mol. The topological polar surface area (TPSA) is 56.6 Å². The predicted molar refractivity (Wildman–Crippen MR) is 72.2 cm³/mol. The molecule has 0 unspecified atom stereocenters. The summed E-state index contributed by atoms with van der Waals surface area (Å²) in [7, 11) is 0. The van der Waals surface area contributed by atoms with Crippen LogP contribution in [0.5, 0.6) is 0 Å². The first kappa shape index (κ1) is 13.6. The third-order valence-electron chi connectivity index (χ3n) is 3.91. The van der Waals surface area contributed by atoms with E-state index in [4.69, 9.17) is 9.47 Å². The molecule has 2 saturated heterocycles. The summed E-state index contributed by atoms with van der Waals surface area (Å²) in [6.07, 6.45) is 4.74. The van der Waals surface area contributed by atoms with Crippen molar-refractivity contribution >= 4 is 5.97 Å². The van der Waals surface area contributed by atoms with E-state index in [-0.39, 0.29) is 24.2 Å². The molecule has 0 aromatic carbocycles. The highest BCUT2D eigenvalue weighted by atomic mass is 16.6. The summed E-state index contributed by atoms with van der Waals surface area (Å²) in [4.78, 5) is 14.0. The number of ether oxygens (including phenoxy) is 2. The number of aryl methyl sites for hydroxylation is 1. The summed E-state index contributed by atoms with van der Waals surface area (Å²) in [6, 6.07) is -0.101. The lowest BCUT2D eigenvalue weighted by atomic mass is 10.1. The van der Waals surface area contributed by atoms with Crippen molar-refractivity contribution in [2.75, 3.05) is 19.7 Å². The Morgan fingerprint density at radius 3 is 3.00 bits per heavy atom. The maximum absolute atomic E-state index is 11.8. The van der Waals surface area contributed by atoms with Gasteiger partial charge in [-0.1, -0.05) is 0 Å². The highest BCUT2D eigenvalue weighted by molar-refractivity contribution is 5.78. The molecule has 20 heavy (non-hydrogen) atoms. The van der Waals surface area contributed by atoms with Gasteiger partial charge in [0.2, 0.25) is 0 Å². The van der Waals surface area contributed by atoms with E-state index >= 15 is 0 Å². The average Bonchev–Trinajstić information content (AvgIpc) is 2.96. The van der Waals surface area contributed by atoms with Crippen LogP contribution in [0.4, 0.5) is 0 Å². The molecule has 3 rings (SSSR count). The fourth-order valence-electron chi connectivity index (χ4n) is 2.94. The van der Waals surface area contributed by atoms with Crippen LogP contribution >= 0.6 is 0 Å². The van der Waals surface area contributed by atoms with Crippen LogP contribution in [0, 0.1) is 6.92 Å². The number of hydrogen-bond acceptors (Lipinski definition) is 5. The van der Waals surface area contributed by atoms with E-state index in [2.05, 4.69) is 10.00 Å². The third-order valence-corrected chi connectivity index (χ3v) is 3.91. The minimum absolute atomic E-state index is 0.0301. The van der Waals surface area contributed by atoms with Crippen LogP contribution in [-0.4, -0.2) is 58.6 Å². The molecule has 3 heterocycles. The zero-order valence-electron chi connectivity index (χ0n) is 12.0. The molecule has 2 fully saturated rings. The number of nitrogens with zero attached hydrogens (tertiary/aromatic N) is 3. The summed E-state index contributed by atoms with van der Waals surface area (Å²) in [6.45, 7) is 6.90. The van der Waals surface area contributed by atoms with E-state index in [1.54, 1.807) is 0 Å². The Morgan fingerprint density at radius 1 is 1.50 bits per heavy atom. The lowest BCUT2D eigenvalue weighted by molar-refractivity contribution is -0.147. The van der Waals surface area contributed by atoms with Crippen molar-refractivity contribution in [3.05, 3.63) is 18.0 Å². The van der Waals surface area contributed by atoms with E-state index in [1.165, 1.54) is 0 Å². The number of aromatic nitrogens is 2. The number of carbonyl (C=O) groups excluding carboxylic acids is 1. The van der Waals surface area contributed by atoms with Crippen molar-refractivity contribution in [1.82, 2.24) is 14.7 Å². The molecule has 6 heteroatoms.